The lowest BCUT2D eigenvalue weighted by Crippen LogP contribution is -2.18. The van der Waals surface area contributed by atoms with Crippen molar-refractivity contribution in [3.63, 3.8) is 0 Å². The number of nitrogens with zero attached hydrogens (tertiary/aromatic N) is 1. The van der Waals surface area contributed by atoms with Gasteiger partial charge in [-0.2, -0.15) is 13.2 Å². The lowest BCUT2D eigenvalue weighted by Gasteiger charge is -2.14. The van der Waals surface area contributed by atoms with Crippen molar-refractivity contribution in [2.24, 2.45) is 0 Å². The average Bonchev–Trinajstić information content (AvgIpc) is 2.89. The molecule has 1 N–H and O–H groups in total. The van der Waals surface area contributed by atoms with Crippen LogP contribution in [0.3, 0.4) is 0 Å². The van der Waals surface area contributed by atoms with E-state index in [-0.39, 0.29) is 16.1 Å². The van der Waals surface area contributed by atoms with Crippen LogP contribution < -0.4 is 0 Å². The molecule has 1 aromatic heterocycles. The molecule has 0 atom stereocenters. The Bertz CT molecular complexity index is 1050. The second-order valence-electron chi connectivity index (χ2n) is 5.68. The van der Waals surface area contributed by atoms with Crippen LogP contribution in [-0.2, 0) is 6.18 Å². The number of aromatic carboxylic acids is 1. The summed E-state index contributed by atoms with van der Waals surface area (Å²) in [6.45, 7) is 1.67. The van der Waals surface area contributed by atoms with Gasteiger partial charge in [0.05, 0.1) is 27.2 Å². The van der Waals surface area contributed by atoms with E-state index in [1.165, 1.54) is 30.5 Å². The van der Waals surface area contributed by atoms with E-state index in [0.29, 0.717) is 10.9 Å². The maximum absolute atomic E-state index is 13.3. The highest BCUT2D eigenvalue weighted by Crippen LogP contribution is 2.36. The number of rotatable bonds is 2. The molecule has 0 aliphatic carbocycles. The molecule has 2 aromatic carbocycles. The fraction of sp³-hybridized carbons (Fsp3) is 0.111. The maximum Gasteiger partial charge on any atom is 0.417 e. The van der Waals surface area contributed by atoms with E-state index >= 15 is 0 Å². The average molecular weight is 382 g/mol. The van der Waals surface area contributed by atoms with Crippen LogP contribution in [0.5, 0.6) is 0 Å². The molecular weight excluding hydrogens is 371 g/mol. The van der Waals surface area contributed by atoms with Gasteiger partial charge in [-0.05, 0) is 36.8 Å². The van der Waals surface area contributed by atoms with Crippen molar-refractivity contribution in [2.75, 3.05) is 0 Å². The van der Waals surface area contributed by atoms with Gasteiger partial charge in [0.15, 0.2) is 0 Å². The Labute approximate surface area is 150 Å². The number of aryl methyl sites for hydroxylation is 1. The van der Waals surface area contributed by atoms with Crippen LogP contribution in [0.2, 0.25) is 5.02 Å². The van der Waals surface area contributed by atoms with Crippen LogP contribution in [-0.4, -0.2) is 21.6 Å². The van der Waals surface area contributed by atoms with Crippen LogP contribution in [0.15, 0.2) is 42.6 Å². The molecule has 3 rings (SSSR count). The first-order chi connectivity index (χ1) is 12.1. The zero-order chi connectivity index (χ0) is 19.2. The summed E-state index contributed by atoms with van der Waals surface area (Å²) < 4.78 is 40.9. The Kier molecular flexibility index (Phi) is 4.28. The van der Waals surface area contributed by atoms with Crippen molar-refractivity contribution in [3.8, 4) is 0 Å². The summed E-state index contributed by atoms with van der Waals surface area (Å²) in [6.07, 6.45) is -3.40. The summed E-state index contributed by atoms with van der Waals surface area (Å²) in [6, 6.07) is 7.21. The van der Waals surface area contributed by atoms with Crippen LogP contribution in [0, 0.1) is 6.92 Å². The molecule has 0 amide bonds. The number of alkyl halides is 3. The van der Waals surface area contributed by atoms with Crippen molar-refractivity contribution in [1.82, 2.24) is 4.57 Å². The molecule has 0 spiro atoms. The molecule has 0 aliphatic heterocycles. The third kappa shape index (κ3) is 2.94. The van der Waals surface area contributed by atoms with Crippen LogP contribution in [0.25, 0.3) is 10.9 Å². The highest BCUT2D eigenvalue weighted by Gasteiger charge is 2.37. The summed E-state index contributed by atoms with van der Waals surface area (Å²) >= 11 is 5.89. The fourth-order valence-corrected chi connectivity index (χ4v) is 3.05. The molecule has 0 saturated heterocycles. The van der Waals surface area contributed by atoms with E-state index in [9.17, 15) is 22.8 Å². The number of hydrogen-bond donors (Lipinski definition) is 1. The molecule has 134 valence electrons. The topological polar surface area (TPSA) is 59.3 Å². The largest absolute Gasteiger partial charge is 0.478 e. The zero-order valence-electron chi connectivity index (χ0n) is 13.3. The number of benzene rings is 2. The molecule has 26 heavy (non-hydrogen) atoms. The second-order valence-corrected chi connectivity index (χ2v) is 6.09. The lowest BCUT2D eigenvalue weighted by atomic mass is 10.1. The number of fused-ring (bicyclic) bond motifs is 1. The number of carbonyl (C=O) groups excluding carboxylic acids is 1. The van der Waals surface area contributed by atoms with Gasteiger partial charge < -0.3 is 5.11 Å². The Hall–Kier alpha value is -2.80. The minimum atomic E-state index is -4.76. The van der Waals surface area contributed by atoms with Crippen LogP contribution in [0.4, 0.5) is 13.2 Å². The molecular formula is C18H11ClF3NO3. The summed E-state index contributed by atoms with van der Waals surface area (Å²) in [5.41, 5.74) is -1.10. The second kappa shape index (κ2) is 6.17. The number of carboxylic acids is 1. The van der Waals surface area contributed by atoms with Crippen molar-refractivity contribution in [1.29, 1.82) is 0 Å². The first-order valence-corrected chi connectivity index (χ1v) is 7.74. The molecule has 4 nitrogen and oxygen atoms in total. The summed E-state index contributed by atoms with van der Waals surface area (Å²) in [5.74, 6) is -2.19. The van der Waals surface area contributed by atoms with E-state index in [4.69, 9.17) is 16.7 Å². The molecule has 0 radical (unpaired) electrons. The lowest BCUT2D eigenvalue weighted by molar-refractivity contribution is -0.137. The predicted molar refractivity (Wildman–Crippen MR) is 89.8 cm³/mol. The van der Waals surface area contributed by atoms with Gasteiger partial charge in [-0.3, -0.25) is 9.36 Å². The van der Waals surface area contributed by atoms with Crippen molar-refractivity contribution in [3.05, 3.63) is 69.9 Å². The number of hydrogen-bond acceptors (Lipinski definition) is 2. The van der Waals surface area contributed by atoms with Crippen molar-refractivity contribution in [2.45, 2.75) is 13.1 Å². The van der Waals surface area contributed by atoms with Gasteiger partial charge >= 0.3 is 12.1 Å². The Morgan fingerprint density at radius 2 is 1.85 bits per heavy atom. The van der Waals surface area contributed by atoms with Gasteiger partial charge in [0.2, 0.25) is 0 Å². The fourth-order valence-electron chi connectivity index (χ4n) is 2.80. The molecule has 3 aromatic rings. The zero-order valence-corrected chi connectivity index (χ0v) is 14.0. The standard InChI is InChI=1S/C18H11ClF3NO3/c1-9-8-23(14-7-10(17(25)26)5-6-11(9)14)16(24)15-12(18(20,21)22)3-2-4-13(15)19/h2-8H,1H3,(H,25,26). The smallest absolute Gasteiger partial charge is 0.417 e. The third-order valence-corrected chi connectivity index (χ3v) is 4.32. The maximum atomic E-state index is 13.3. The van der Waals surface area contributed by atoms with Gasteiger partial charge in [0.25, 0.3) is 5.91 Å². The summed E-state index contributed by atoms with van der Waals surface area (Å²) in [5, 5.41) is 9.35. The molecule has 0 saturated carbocycles. The quantitative estimate of drug-likeness (QED) is 0.679. The Morgan fingerprint density at radius 1 is 1.15 bits per heavy atom. The molecule has 8 heteroatoms. The first kappa shape index (κ1) is 18.0. The monoisotopic (exact) mass is 381 g/mol. The van der Waals surface area contributed by atoms with Crippen molar-refractivity contribution < 1.29 is 27.9 Å². The van der Waals surface area contributed by atoms with Gasteiger partial charge in [-0.25, -0.2) is 4.79 Å². The highest BCUT2D eigenvalue weighted by molar-refractivity contribution is 6.34. The van der Waals surface area contributed by atoms with Gasteiger partial charge in [0, 0.05) is 11.6 Å². The molecule has 1 heterocycles. The number of halogens is 4. The highest BCUT2D eigenvalue weighted by atomic mass is 35.5. The Balaban J connectivity index is 2.27. The van der Waals surface area contributed by atoms with E-state index in [1.807, 2.05) is 0 Å². The van der Waals surface area contributed by atoms with Crippen LogP contribution in [0.1, 0.15) is 31.8 Å². The summed E-state index contributed by atoms with van der Waals surface area (Å²) in [7, 11) is 0. The van der Waals surface area contributed by atoms with E-state index in [0.717, 1.165) is 16.7 Å². The van der Waals surface area contributed by atoms with Gasteiger partial charge in [-0.1, -0.05) is 23.7 Å². The summed E-state index contributed by atoms with van der Waals surface area (Å²) in [4.78, 5) is 24.1. The SMILES string of the molecule is Cc1cn(C(=O)c2c(Cl)cccc2C(F)(F)F)c2cc(C(=O)O)ccc12. The minimum absolute atomic E-state index is 0.0835. The molecule has 0 aliphatic rings. The van der Waals surface area contributed by atoms with Gasteiger partial charge in [0.1, 0.15) is 0 Å². The van der Waals surface area contributed by atoms with Crippen LogP contribution >= 0.6 is 11.6 Å². The minimum Gasteiger partial charge on any atom is -0.478 e. The van der Waals surface area contributed by atoms with E-state index < -0.39 is 29.2 Å². The first-order valence-electron chi connectivity index (χ1n) is 7.36. The van der Waals surface area contributed by atoms with E-state index in [1.54, 1.807) is 6.92 Å². The number of carboxylic acid groups (broad SMARTS) is 1. The Morgan fingerprint density at radius 3 is 2.46 bits per heavy atom. The normalized spacial score (nSPS) is 11.7. The predicted octanol–water partition coefficient (Wildman–Crippen LogP) is 5.01. The van der Waals surface area contributed by atoms with Gasteiger partial charge in [-0.15, -0.1) is 0 Å². The number of aromatic nitrogens is 1. The number of carbonyl (C=O) groups is 2. The molecule has 0 bridgehead atoms. The molecule has 0 fully saturated rings. The van der Waals surface area contributed by atoms with Crippen molar-refractivity contribution >= 4 is 34.4 Å². The molecule has 0 unspecified atom stereocenters. The third-order valence-electron chi connectivity index (χ3n) is 4.00. The van der Waals surface area contributed by atoms with E-state index in [2.05, 4.69) is 0 Å².